The summed E-state index contributed by atoms with van der Waals surface area (Å²) < 4.78 is 13.3. The van der Waals surface area contributed by atoms with Gasteiger partial charge in [-0.2, -0.15) is 0 Å². The first-order valence-corrected chi connectivity index (χ1v) is 7.49. The van der Waals surface area contributed by atoms with Crippen LogP contribution in [0.4, 0.5) is 9.39 Å². The first kappa shape index (κ1) is 12.6. The molecule has 1 aromatic heterocycles. The molecule has 1 heterocycles. The zero-order chi connectivity index (χ0) is 13.4. The minimum atomic E-state index is -0.187. The number of halogens is 1. The van der Waals surface area contributed by atoms with Gasteiger partial charge in [-0.15, -0.1) is 11.3 Å². The molecule has 100 valence electrons. The van der Waals surface area contributed by atoms with Gasteiger partial charge in [-0.1, -0.05) is 12.8 Å². The average Bonchev–Trinajstić information content (AvgIpc) is 3.01. The Hall–Kier alpha value is -1.42. The van der Waals surface area contributed by atoms with E-state index in [1.807, 2.05) is 6.07 Å². The molecule has 19 heavy (non-hydrogen) atoms. The summed E-state index contributed by atoms with van der Waals surface area (Å²) in [5, 5.41) is 1.89. The maximum atomic E-state index is 13.3. The predicted molar refractivity (Wildman–Crippen MR) is 77.9 cm³/mol. The van der Waals surface area contributed by atoms with Crippen LogP contribution in [0.15, 0.2) is 18.2 Å². The van der Waals surface area contributed by atoms with E-state index < -0.39 is 0 Å². The number of anilines is 1. The van der Waals surface area contributed by atoms with Crippen molar-refractivity contribution in [3.8, 4) is 11.3 Å². The van der Waals surface area contributed by atoms with Crippen molar-refractivity contribution in [1.82, 2.24) is 4.98 Å². The number of hydrogen-bond acceptors (Lipinski definition) is 3. The van der Waals surface area contributed by atoms with Gasteiger partial charge in [0.05, 0.1) is 5.01 Å². The minimum absolute atomic E-state index is 0.187. The summed E-state index contributed by atoms with van der Waals surface area (Å²) in [6.45, 7) is 1.76. The van der Waals surface area contributed by atoms with Crippen molar-refractivity contribution in [2.24, 2.45) is 0 Å². The second kappa shape index (κ2) is 4.93. The molecule has 0 radical (unpaired) electrons. The van der Waals surface area contributed by atoms with E-state index in [2.05, 4.69) is 0 Å². The molecule has 0 amide bonds. The van der Waals surface area contributed by atoms with Crippen LogP contribution in [0.1, 0.15) is 42.2 Å². The molecule has 0 saturated heterocycles. The third-order valence-electron chi connectivity index (χ3n) is 3.81. The Morgan fingerprint density at radius 3 is 2.74 bits per heavy atom. The Kier molecular flexibility index (Phi) is 3.27. The van der Waals surface area contributed by atoms with E-state index in [1.165, 1.54) is 31.7 Å². The Morgan fingerprint density at radius 1 is 1.32 bits per heavy atom. The number of rotatable bonds is 2. The Bertz CT molecular complexity index is 600. The first-order chi connectivity index (χ1) is 9.15. The van der Waals surface area contributed by atoms with E-state index in [0.29, 0.717) is 11.5 Å². The summed E-state index contributed by atoms with van der Waals surface area (Å²) in [5.74, 6) is 0.385. The van der Waals surface area contributed by atoms with Gasteiger partial charge in [0.15, 0.2) is 0 Å². The SMILES string of the molecule is Cc1cc(-c2nc(C3CCCC3)sc2N)ccc1F. The van der Waals surface area contributed by atoms with Gasteiger partial charge < -0.3 is 5.73 Å². The van der Waals surface area contributed by atoms with Crippen LogP contribution in [0.25, 0.3) is 11.3 Å². The number of nitrogens with two attached hydrogens (primary N) is 1. The lowest BCUT2D eigenvalue weighted by Crippen LogP contribution is -1.92. The molecule has 1 fully saturated rings. The number of aromatic nitrogens is 1. The summed E-state index contributed by atoms with van der Waals surface area (Å²) in [7, 11) is 0. The summed E-state index contributed by atoms with van der Waals surface area (Å²) in [5.41, 5.74) is 8.45. The summed E-state index contributed by atoms with van der Waals surface area (Å²) >= 11 is 1.59. The van der Waals surface area contributed by atoms with Gasteiger partial charge in [0.2, 0.25) is 0 Å². The van der Waals surface area contributed by atoms with Gasteiger partial charge in [-0.3, -0.25) is 0 Å². The molecule has 0 aliphatic heterocycles. The van der Waals surface area contributed by atoms with Gasteiger partial charge in [-0.25, -0.2) is 9.37 Å². The van der Waals surface area contributed by atoms with Crippen molar-refractivity contribution in [3.63, 3.8) is 0 Å². The second-order valence-electron chi connectivity index (χ2n) is 5.21. The fourth-order valence-electron chi connectivity index (χ4n) is 2.70. The molecule has 0 bridgehead atoms. The lowest BCUT2D eigenvalue weighted by molar-refractivity contribution is 0.619. The van der Waals surface area contributed by atoms with Crippen molar-refractivity contribution >= 4 is 16.3 Å². The van der Waals surface area contributed by atoms with Crippen molar-refractivity contribution in [1.29, 1.82) is 0 Å². The van der Waals surface area contributed by atoms with Crippen LogP contribution in [-0.2, 0) is 0 Å². The molecule has 0 spiro atoms. The van der Waals surface area contributed by atoms with Crippen LogP contribution in [0.5, 0.6) is 0 Å². The molecular weight excluding hydrogens is 259 g/mol. The van der Waals surface area contributed by atoms with Crippen LogP contribution in [0, 0.1) is 12.7 Å². The molecule has 4 heteroatoms. The van der Waals surface area contributed by atoms with E-state index in [4.69, 9.17) is 10.7 Å². The number of nitrogen functional groups attached to an aromatic ring is 1. The monoisotopic (exact) mass is 276 g/mol. The summed E-state index contributed by atoms with van der Waals surface area (Å²) in [6, 6.07) is 5.06. The third-order valence-corrected chi connectivity index (χ3v) is 4.85. The first-order valence-electron chi connectivity index (χ1n) is 6.68. The Labute approximate surface area is 116 Å². The highest BCUT2D eigenvalue weighted by Gasteiger charge is 2.22. The van der Waals surface area contributed by atoms with E-state index >= 15 is 0 Å². The molecule has 1 aliphatic rings. The molecule has 1 aliphatic carbocycles. The van der Waals surface area contributed by atoms with Crippen molar-refractivity contribution in [2.75, 3.05) is 5.73 Å². The molecule has 1 aromatic carbocycles. The van der Waals surface area contributed by atoms with Crippen molar-refractivity contribution in [3.05, 3.63) is 34.6 Å². The van der Waals surface area contributed by atoms with Gasteiger partial charge in [0, 0.05) is 11.5 Å². The smallest absolute Gasteiger partial charge is 0.126 e. The highest BCUT2D eigenvalue weighted by molar-refractivity contribution is 7.16. The van der Waals surface area contributed by atoms with Crippen molar-refractivity contribution in [2.45, 2.75) is 38.5 Å². The normalized spacial score (nSPS) is 16.1. The Morgan fingerprint density at radius 2 is 2.05 bits per heavy atom. The zero-order valence-electron chi connectivity index (χ0n) is 10.9. The molecule has 2 aromatic rings. The van der Waals surface area contributed by atoms with Crippen LogP contribution >= 0.6 is 11.3 Å². The topological polar surface area (TPSA) is 38.9 Å². The molecule has 0 atom stereocenters. The van der Waals surface area contributed by atoms with Gasteiger partial charge in [0.1, 0.15) is 16.5 Å². The van der Waals surface area contributed by atoms with Crippen molar-refractivity contribution < 1.29 is 4.39 Å². The molecule has 0 unspecified atom stereocenters. The lowest BCUT2D eigenvalue weighted by Gasteiger charge is -2.03. The van der Waals surface area contributed by atoms with Crippen LogP contribution in [-0.4, -0.2) is 4.98 Å². The van der Waals surface area contributed by atoms with Crippen LogP contribution in [0.3, 0.4) is 0 Å². The molecule has 1 saturated carbocycles. The fourth-order valence-corrected chi connectivity index (χ4v) is 3.72. The molecular formula is C15H17FN2S. The van der Waals surface area contributed by atoms with Crippen LogP contribution < -0.4 is 5.73 Å². The predicted octanol–water partition coefficient (Wildman–Crippen LogP) is 4.50. The van der Waals surface area contributed by atoms with E-state index in [9.17, 15) is 4.39 Å². The van der Waals surface area contributed by atoms with E-state index in [1.54, 1.807) is 24.3 Å². The van der Waals surface area contributed by atoms with Crippen LogP contribution in [0.2, 0.25) is 0 Å². The maximum Gasteiger partial charge on any atom is 0.126 e. The molecule has 3 rings (SSSR count). The van der Waals surface area contributed by atoms with E-state index in [-0.39, 0.29) is 5.82 Å². The Balaban J connectivity index is 1.97. The number of hydrogen-bond donors (Lipinski definition) is 1. The quantitative estimate of drug-likeness (QED) is 0.877. The largest absolute Gasteiger partial charge is 0.389 e. The highest BCUT2D eigenvalue weighted by Crippen LogP contribution is 2.40. The molecule has 2 N–H and O–H groups in total. The molecule has 2 nitrogen and oxygen atoms in total. The third kappa shape index (κ3) is 2.37. The lowest BCUT2D eigenvalue weighted by atomic mass is 10.1. The number of thiazole rings is 1. The second-order valence-corrected chi connectivity index (χ2v) is 6.27. The van der Waals surface area contributed by atoms with Gasteiger partial charge in [-0.05, 0) is 43.5 Å². The van der Waals surface area contributed by atoms with E-state index in [0.717, 1.165) is 21.3 Å². The standard InChI is InChI=1S/C15H17FN2S/c1-9-8-11(6-7-12(9)16)13-14(17)19-15(18-13)10-4-2-3-5-10/h6-8,10H,2-5,17H2,1H3. The number of benzene rings is 1. The van der Waals surface area contributed by atoms with Gasteiger partial charge >= 0.3 is 0 Å². The fraction of sp³-hybridized carbons (Fsp3) is 0.400. The highest BCUT2D eigenvalue weighted by atomic mass is 32.1. The number of nitrogens with zero attached hydrogens (tertiary/aromatic N) is 1. The van der Waals surface area contributed by atoms with Gasteiger partial charge in [0.25, 0.3) is 0 Å². The minimum Gasteiger partial charge on any atom is -0.389 e. The number of aryl methyl sites for hydroxylation is 1. The maximum absolute atomic E-state index is 13.3. The summed E-state index contributed by atoms with van der Waals surface area (Å²) in [6.07, 6.45) is 5.01. The summed E-state index contributed by atoms with van der Waals surface area (Å²) in [4.78, 5) is 4.70. The average molecular weight is 276 g/mol. The zero-order valence-corrected chi connectivity index (χ0v) is 11.8.